The molecule has 1 heterocycles. The molecule has 16 heavy (non-hydrogen) atoms. The molecule has 0 aromatic carbocycles. The van der Waals surface area contributed by atoms with Crippen LogP contribution in [0.1, 0.15) is 39.0 Å². The van der Waals surface area contributed by atoms with E-state index in [2.05, 4.69) is 12.0 Å². The Kier molecular flexibility index (Phi) is 4.95. The Morgan fingerprint density at radius 2 is 2.00 bits per heavy atom. The number of nitrogens with two attached hydrogens (primary N) is 1. The molecule has 0 aliphatic carbocycles. The summed E-state index contributed by atoms with van der Waals surface area (Å²) in [5.74, 6) is 0. The van der Waals surface area contributed by atoms with Gasteiger partial charge in [0.25, 0.3) is 0 Å². The van der Waals surface area contributed by atoms with E-state index in [-0.39, 0.29) is 4.90 Å². The molecule has 0 amide bonds. The maximum absolute atomic E-state index is 11.0. The second kappa shape index (κ2) is 6.00. The van der Waals surface area contributed by atoms with E-state index in [1.807, 2.05) is 0 Å². The van der Waals surface area contributed by atoms with Crippen molar-refractivity contribution >= 4 is 10.0 Å². The zero-order valence-electron chi connectivity index (χ0n) is 9.59. The van der Waals surface area contributed by atoms with Crippen molar-refractivity contribution in [3.8, 4) is 0 Å². The highest BCUT2D eigenvalue weighted by Gasteiger charge is 2.09. The highest BCUT2D eigenvalue weighted by molar-refractivity contribution is 7.89. The van der Waals surface area contributed by atoms with E-state index < -0.39 is 10.0 Å². The summed E-state index contributed by atoms with van der Waals surface area (Å²) in [7, 11) is -3.60. The number of hydrogen-bond donors (Lipinski definition) is 1. The normalized spacial score (nSPS) is 11.9. The zero-order valence-corrected chi connectivity index (χ0v) is 10.4. The number of hydrogen-bond acceptors (Lipinski definition) is 3. The van der Waals surface area contributed by atoms with Gasteiger partial charge in [-0.1, -0.05) is 32.6 Å². The van der Waals surface area contributed by atoms with Crippen LogP contribution in [0.3, 0.4) is 0 Å². The molecule has 6 heteroatoms. The van der Waals surface area contributed by atoms with Crippen LogP contribution in [-0.4, -0.2) is 18.2 Å². The van der Waals surface area contributed by atoms with Crippen molar-refractivity contribution in [1.29, 1.82) is 0 Å². The first-order valence-electron chi connectivity index (χ1n) is 5.59. The minimum atomic E-state index is -3.60. The molecule has 0 bridgehead atoms. The quantitative estimate of drug-likeness (QED) is 0.739. The van der Waals surface area contributed by atoms with Crippen LogP contribution in [0.15, 0.2) is 17.3 Å². The average molecular weight is 245 g/mol. The Morgan fingerprint density at radius 3 is 2.56 bits per heavy atom. The van der Waals surface area contributed by atoms with Crippen LogP contribution in [0.4, 0.5) is 0 Å². The summed E-state index contributed by atoms with van der Waals surface area (Å²) >= 11 is 0. The van der Waals surface area contributed by atoms with Crippen molar-refractivity contribution in [2.75, 3.05) is 0 Å². The largest absolute Gasteiger partial charge is 0.271 e. The highest BCUT2D eigenvalue weighted by Crippen LogP contribution is 2.07. The maximum Gasteiger partial charge on any atom is 0.241 e. The van der Waals surface area contributed by atoms with Crippen molar-refractivity contribution in [3.05, 3.63) is 12.4 Å². The molecule has 0 saturated carbocycles. The van der Waals surface area contributed by atoms with Crippen molar-refractivity contribution < 1.29 is 8.42 Å². The Bertz CT molecular complexity index is 411. The van der Waals surface area contributed by atoms with Crippen molar-refractivity contribution in [2.24, 2.45) is 5.14 Å². The Morgan fingerprint density at radius 1 is 1.31 bits per heavy atom. The average Bonchev–Trinajstić information content (AvgIpc) is 2.65. The molecule has 0 aliphatic rings. The third-order valence-electron chi connectivity index (χ3n) is 2.43. The molecule has 5 nitrogen and oxygen atoms in total. The lowest BCUT2D eigenvalue weighted by Gasteiger charge is -2.00. The molecule has 2 N–H and O–H groups in total. The van der Waals surface area contributed by atoms with Gasteiger partial charge in [0.05, 0.1) is 6.20 Å². The van der Waals surface area contributed by atoms with Crippen LogP contribution >= 0.6 is 0 Å². The summed E-state index contributed by atoms with van der Waals surface area (Å²) < 4.78 is 23.6. The Balaban J connectivity index is 2.36. The molecule has 0 spiro atoms. The number of sulfonamides is 1. The van der Waals surface area contributed by atoms with Gasteiger partial charge in [-0.25, -0.2) is 13.6 Å². The molecule has 0 radical (unpaired) electrons. The van der Waals surface area contributed by atoms with Gasteiger partial charge in [-0.05, 0) is 6.42 Å². The van der Waals surface area contributed by atoms with E-state index >= 15 is 0 Å². The molecule has 0 aliphatic heterocycles. The second-order valence-electron chi connectivity index (χ2n) is 3.90. The zero-order chi connectivity index (χ0) is 12.0. The van der Waals surface area contributed by atoms with E-state index in [1.54, 1.807) is 4.68 Å². The van der Waals surface area contributed by atoms with E-state index in [4.69, 9.17) is 5.14 Å². The lowest BCUT2D eigenvalue weighted by Crippen LogP contribution is -2.11. The summed E-state index contributed by atoms with van der Waals surface area (Å²) in [5.41, 5.74) is 0. The highest BCUT2D eigenvalue weighted by atomic mass is 32.2. The molecule has 1 rings (SSSR count). The number of unbranched alkanes of at least 4 members (excludes halogenated alkanes) is 4. The molecule has 0 unspecified atom stereocenters. The minimum absolute atomic E-state index is 0.0843. The monoisotopic (exact) mass is 245 g/mol. The third kappa shape index (κ3) is 4.32. The second-order valence-corrected chi connectivity index (χ2v) is 5.46. The SMILES string of the molecule is CCCCCCCn1cc(S(N)(=O)=O)cn1. The predicted octanol–water partition coefficient (Wildman–Crippen LogP) is 1.50. The smallest absolute Gasteiger partial charge is 0.241 e. The fourth-order valence-electron chi connectivity index (χ4n) is 1.49. The van der Waals surface area contributed by atoms with Gasteiger partial charge in [0, 0.05) is 12.7 Å². The molecular formula is C10H19N3O2S. The fourth-order valence-corrected chi connectivity index (χ4v) is 1.95. The lowest BCUT2D eigenvalue weighted by atomic mass is 10.1. The van der Waals surface area contributed by atoms with Gasteiger partial charge in [-0.3, -0.25) is 4.68 Å². The van der Waals surface area contributed by atoms with Crippen LogP contribution < -0.4 is 5.14 Å². The van der Waals surface area contributed by atoms with Gasteiger partial charge >= 0.3 is 0 Å². The minimum Gasteiger partial charge on any atom is -0.271 e. The summed E-state index contributed by atoms with van der Waals surface area (Å²) in [4.78, 5) is 0.0843. The van der Waals surface area contributed by atoms with Crippen molar-refractivity contribution in [3.63, 3.8) is 0 Å². The number of aromatic nitrogens is 2. The van der Waals surface area contributed by atoms with Crippen LogP contribution in [0, 0.1) is 0 Å². The van der Waals surface area contributed by atoms with Gasteiger partial charge in [0.15, 0.2) is 0 Å². The summed E-state index contributed by atoms with van der Waals surface area (Å²) in [6, 6.07) is 0. The van der Waals surface area contributed by atoms with E-state index in [1.165, 1.54) is 31.7 Å². The third-order valence-corrected chi connectivity index (χ3v) is 3.30. The standard InChI is InChI=1S/C10H19N3O2S/c1-2-3-4-5-6-7-13-9-10(8-12-13)16(11,14)15/h8-9H,2-7H2,1H3,(H2,11,14,15). The van der Waals surface area contributed by atoms with Gasteiger partial charge < -0.3 is 0 Å². The van der Waals surface area contributed by atoms with Crippen molar-refractivity contribution in [1.82, 2.24) is 9.78 Å². The molecule has 1 aromatic heterocycles. The first kappa shape index (κ1) is 13.2. The van der Waals surface area contributed by atoms with E-state index in [0.717, 1.165) is 19.4 Å². The van der Waals surface area contributed by atoms with Crippen molar-refractivity contribution in [2.45, 2.75) is 50.5 Å². The number of aryl methyl sites for hydroxylation is 1. The van der Waals surface area contributed by atoms with E-state index in [9.17, 15) is 8.42 Å². The summed E-state index contributed by atoms with van der Waals surface area (Å²) in [5, 5.41) is 8.94. The topological polar surface area (TPSA) is 78.0 Å². The van der Waals surface area contributed by atoms with Gasteiger partial charge in [0.1, 0.15) is 4.90 Å². The molecule has 92 valence electrons. The number of primary sulfonamides is 1. The number of nitrogens with zero attached hydrogens (tertiary/aromatic N) is 2. The summed E-state index contributed by atoms with van der Waals surface area (Å²) in [6.45, 7) is 2.92. The first-order chi connectivity index (χ1) is 7.54. The molecule has 0 atom stereocenters. The van der Waals surface area contributed by atoms with Gasteiger partial charge in [-0.15, -0.1) is 0 Å². The molecule has 0 fully saturated rings. The summed E-state index contributed by atoms with van der Waals surface area (Å²) in [6.07, 6.45) is 8.64. The fraction of sp³-hybridized carbons (Fsp3) is 0.700. The van der Waals surface area contributed by atoms with Crippen LogP contribution in [-0.2, 0) is 16.6 Å². The molecular weight excluding hydrogens is 226 g/mol. The lowest BCUT2D eigenvalue weighted by molar-refractivity contribution is 0.532. The van der Waals surface area contributed by atoms with Crippen LogP contribution in [0.5, 0.6) is 0 Å². The van der Waals surface area contributed by atoms with Crippen LogP contribution in [0.2, 0.25) is 0 Å². The van der Waals surface area contributed by atoms with Gasteiger partial charge in [0.2, 0.25) is 10.0 Å². The van der Waals surface area contributed by atoms with Crippen LogP contribution in [0.25, 0.3) is 0 Å². The van der Waals surface area contributed by atoms with Gasteiger partial charge in [-0.2, -0.15) is 5.10 Å². The molecule has 0 saturated heterocycles. The first-order valence-corrected chi connectivity index (χ1v) is 7.14. The predicted molar refractivity (Wildman–Crippen MR) is 62.4 cm³/mol. The Labute approximate surface area is 96.7 Å². The maximum atomic E-state index is 11.0. The molecule has 1 aromatic rings. The Hall–Kier alpha value is -0.880. The number of rotatable bonds is 7. The van der Waals surface area contributed by atoms with E-state index in [0.29, 0.717) is 0 Å².